The Bertz CT molecular complexity index is 779. The van der Waals surface area contributed by atoms with E-state index in [-0.39, 0.29) is 0 Å². The summed E-state index contributed by atoms with van der Waals surface area (Å²) < 4.78 is 4.42. The number of hydrogen-bond acceptors (Lipinski definition) is 3. The number of para-hydroxylation sites is 2. The molecule has 1 aliphatic rings. The molecule has 108 valence electrons. The number of nitrogens with zero attached hydrogens (tertiary/aromatic N) is 5. The largest absolute Gasteiger partial charge is 0.341 e. The Hall–Kier alpha value is -2.30. The molecular weight excluding hydrogens is 262 g/mol. The van der Waals surface area contributed by atoms with Gasteiger partial charge in [-0.1, -0.05) is 12.1 Å². The van der Waals surface area contributed by atoms with E-state index in [0.29, 0.717) is 5.92 Å². The quantitative estimate of drug-likeness (QED) is 0.739. The van der Waals surface area contributed by atoms with Gasteiger partial charge in [0, 0.05) is 45.0 Å². The second-order valence-corrected chi connectivity index (χ2v) is 5.86. The Morgan fingerprint density at radius 2 is 2.05 bits per heavy atom. The van der Waals surface area contributed by atoms with E-state index in [2.05, 4.69) is 57.4 Å². The fraction of sp³-hybridized carbons (Fsp3) is 0.375. The summed E-state index contributed by atoms with van der Waals surface area (Å²) in [5.74, 6) is 2.85. The van der Waals surface area contributed by atoms with E-state index in [9.17, 15) is 0 Å². The van der Waals surface area contributed by atoms with E-state index in [1.54, 1.807) is 0 Å². The molecule has 0 N–H and O–H groups in total. The molecule has 0 amide bonds. The molecule has 0 spiro atoms. The molecule has 0 saturated carbocycles. The van der Waals surface area contributed by atoms with E-state index in [0.717, 1.165) is 36.9 Å². The molecule has 3 aromatic rings. The van der Waals surface area contributed by atoms with Gasteiger partial charge in [-0.15, -0.1) is 0 Å². The van der Waals surface area contributed by atoms with Crippen LogP contribution in [0.2, 0.25) is 0 Å². The van der Waals surface area contributed by atoms with Crippen molar-refractivity contribution in [3.63, 3.8) is 0 Å². The van der Waals surface area contributed by atoms with Gasteiger partial charge in [-0.2, -0.15) is 0 Å². The molecule has 0 aliphatic carbocycles. The SMILES string of the molecule is Cc1nccn1CC1CN(c2nc3ccccc3n2C)C1. The Morgan fingerprint density at radius 3 is 2.76 bits per heavy atom. The van der Waals surface area contributed by atoms with Crippen molar-refractivity contribution in [3.05, 3.63) is 42.5 Å². The van der Waals surface area contributed by atoms with Gasteiger partial charge in [0.2, 0.25) is 5.95 Å². The third-order valence-electron chi connectivity index (χ3n) is 4.38. The van der Waals surface area contributed by atoms with Crippen molar-refractivity contribution in [1.82, 2.24) is 19.1 Å². The molecule has 0 radical (unpaired) electrons. The number of rotatable bonds is 3. The third kappa shape index (κ3) is 2.00. The summed E-state index contributed by atoms with van der Waals surface area (Å²) in [5.41, 5.74) is 2.27. The van der Waals surface area contributed by atoms with Crippen molar-refractivity contribution in [1.29, 1.82) is 0 Å². The van der Waals surface area contributed by atoms with Gasteiger partial charge in [-0.25, -0.2) is 9.97 Å². The lowest BCUT2D eigenvalue weighted by atomic mass is 10.0. The van der Waals surface area contributed by atoms with Crippen LogP contribution >= 0.6 is 0 Å². The molecule has 5 heteroatoms. The minimum atomic E-state index is 0.678. The van der Waals surface area contributed by atoms with Crippen molar-refractivity contribution in [2.75, 3.05) is 18.0 Å². The number of fused-ring (bicyclic) bond motifs is 1. The van der Waals surface area contributed by atoms with Gasteiger partial charge in [-0.3, -0.25) is 0 Å². The zero-order valence-electron chi connectivity index (χ0n) is 12.4. The number of benzene rings is 1. The van der Waals surface area contributed by atoms with Crippen LogP contribution < -0.4 is 4.90 Å². The van der Waals surface area contributed by atoms with Gasteiger partial charge >= 0.3 is 0 Å². The lowest BCUT2D eigenvalue weighted by molar-refractivity contribution is 0.348. The van der Waals surface area contributed by atoms with E-state index in [1.807, 2.05) is 12.3 Å². The van der Waals surface area contributed by atoms with E-state index in [1.165, 1.54) is 5.52 Å². The van der Waals surface area contributed by atoms with Crippen molar-refractivity contribution in [2.24, 2.45) is 13.0 Å². The van der Waals surface area contributed by atoms with E-state index in [4.69, 9.17) is 4.98 Å². The van der Waals surface area contributed by atoms with Gasteiger partial charge in [0.25, 0.3) is 0 Å². The zero-order valence-corrected chi connectivity index (χ0v) is 12.4. The van der Waals surface area contributed by atoms with Crippen LogP contribution in [0.4, 0.5) is 5.95 Å². The normalized spacial score (nSPS) is 15.6. The number of aryl methyl sites for hydroxylation is 2. The highest BCUT2D eigenvalue weighted by Gasteiger charge is 2.30. The van der Waals surface area contributed by atoms with Crippen LogP contribution in [0, 0.1) is 12.8 Å². The molecule has 2 aromatic heterocycles. The number of hydrogen-bond donors (Lipinski definition) is 0. The van der Waals surface area contributed by atoms with E-state index >= 15 is 0 Å². The maximum Gasteiger partial charge on any atom is 0.206 e. The number of anilines is 1. The van der Waals surface area contributed by atoms with Gasteiger partial charge in [0.1, 0.15) is 5.82 Å². The topological polar surface area (TPSA) is 38.9 Å². The van der Waals surface area contributed by atoms with Crippen LogP contribution in [0.25, 0.3) is 11.0 Å². The molecule has 1 aliphatic heterocycles. The predicted octanol–water partition coefficient (Wildman–Crippen LogP) is 2.21. The maximum atomic E-state index is 4.75. The summed E-state index contributed by atoms with van der Waals surface area (Å²) in [5, 5.41) is 0. The summed E-state index contributed by atoms with van der Waals surface area (Å²) in [7, 11) is 2.10. The van der Waals surface area contributed by atoms with Gasteiger partial charge < -0.3 is 14.0 Å². The van der Waals surface area contributed by atoms with Crippen molar-refractivity contribution >= 4 is 17.0 Å². The van der Waals surface area contributed by atoms with Gasteiger partial charge in [0.05, 0.1) is 11.0 Å². The summed E-state index contributed by atoms with van der Waals surface area (Å²) in [6, 6.07) is 8.30. The van der Waals surface area contributed by atoms with E-state index < -0.39 is 0 Å². The van der Waals surface area contributed by atoms with Crippen molar-refractivity contribution in [2.45, 2.75) is 13.5 Å². The highest BCUT2D eigenvalue weighted by molar-refractivity contribution is 5.78. The molecule has 3 heterocycles. The van der Waals surface area contributed by atoms with Crippen LogP contribution in [0.5, 0.6) is 0 Å². The van der Waals surface area contributed by atoms with Crippen molar-refractivity contribution < 1.29 is 0 Å². The average molecular weight is 281 g/mol. The van der Waals surface area contributed by atoms with Crippen molar-refractivity contribution in [3.8, 4) is 0 Å². The lowest BCUT2D eigenvalue weighted by Crippen LogP contribution is -2.49. The first-order valence-corrected chi connectivity index (χ1v) is 7.36. The molecule has 5 nitrogen and oxygen atoms in total. The fourth-order valence-corrected chi connectivity index (χ4v) is 3.14. The molecule has 0 atom stereocenters. The predicted molar refractivity (Wildman–Crippen MR) is 83.4 cm³/mol. The maximum absolute atomic E-state index is 4.75. The van der Waals surface area contributed by atoms with Crippen LogP contribution in [0.15, 0.2) is 36.7 Å². The minimum absolute atomic E-state index is 0.678. The molecule has 1 fully saturated rings. The van der Waals surface area contributed by atoms with Crippen LogP contribution in [0.3, 0.4) is 0 Å². The Kier molecular flexibility index (Phi) is 2.74. The second kappa shape index (κ2) is 4.62. The summed E-state index contributed by atoms with van der Waals surface area (Å²) in [6.07, 6.45) is 3.93. The number of imidazole rings is 2. The second-order valence-electron chi connectivity index (χ2n) is 5.86. The molecular formula is C16H19N5. The van der Waals surface area contributed by atoms with Gasteiger partial charge in [-0.05, 0) is 19.1 Å². The zero-order chi connectivity index (χ0) is 14.4. The molecule has 1 saturated heterocycles. The Labute approximate surface area is 123 Å². The first-order chi connectivity index (χ1) is 10.2. The molecule has 0 unspecified atom stereocenters. The first-order valence-electron chi connectivity index (χ1n) is 7.36. The van der Waals surface area contributed by atoms with Crippen LogP contribution in [0.1, 0.15) is 5.82 Å². The molecule has 4 rings (SSSR count). The van der Waals surface area contributed by atoms with Crippen LogP contribution in [-0.4, -0.2) is 32.2 Å². The highest BCUT2D eigenvalue weighted by Crippen LogP contribution is 2.27. The molecule has 1 aromatic carbocycles. The summed E-state index contributed by atoms with van der Waals surface area (Å²) in [6.45, 7) is 5.23. The highest BCUT2D eigenvalue weighted by atomic mass is 15.3. The lowest BCUT2D eigenvalue weighted by Gasteiger charge is -2.40. The Balaban J connectivity index is 1.49. The van der Waals surface area contributed by atoms with Gasteiger partial charge in [0.15, 0.2) is 0 Å². The first kappa shape index (κ1) is 12.4. The van der Waals surface area contributed by atoms with Crippen LogP contribution in [-0.2, 0) is 13.6 Å². The minimum Gasteiger partial charge on any atom is -0.341 e. The standard InChI is InChI=1S/C16H19N5/c1-12-17-7-8-20(12)9-13-10-21(11-13)16-18-14-5-3-4-6-15(14)19(16)2/h3-8,13H,9-11H2,1-2H3. The average Bonchev–Trinajstić information content (AvgIpc) is 2.99. The number of aromatic nitrogens is 4. The monoisotopic (exact) mass is 281 g/mol. The smallest absolute Gasteiger partial charge is 0.206 e. The summed E-state index contributed by atoms with van der Waals surface area (Å²) >= 11 is 0. The third-order valence-corrected chi connectivity index (χ3v) is 4.38. The molecule has 21 heavy (non-hydrogen) atoms. The Morgan fingerprint density at radius 1 is 1.24 bits per heavy atom. The summed E-state index contributed by atoms with van der Waals surface area (Å²) in [4.78, 5) is 11.4. The fourth-order valence-electron chi connectivity index (χ4n) is 3.14. The molecule has 0 bridgehead atoms.